The van der Waals surface area contributed by atoms with Gasteiger partial charge in [0.1, 0.15) is 0 Å². The van der Waals surface area contributed by atoms with Crippen LogP contribution in [0.5, 0.6) is 0 Å². The van der Waals surface area contributed by atoms with Crippen LogP contribution in [0.1, 0.15) is 0 Å². The second-order valence-electron chi connectivity index (χ2n) is 4.25. The maximum atomic E-state index is 12.3. The molecule has 0 atom stereocenters. The van der Waals surface area contributed by atoms with E-state index >= 15 is 0 Å². The Labute approximate surface area is 114 Å². The van der Waals surface area contributed by atoms with Gasteiger partial charge in [0.2, 0.25) is 5.95 Å². The number of nitrogens with one attached hydrogen (secondary N) is 2. The summed E-state index contributed by atoms with van der Waals surface area (Å²) in [5, 5.41) is -0.0991. The van der Waals surface area contributed by atoms with Crippen molar-refractivity contribution in [2.75, 3.05) is 10.5 Å². The largest absolute Gasteiger partial charge is 0.381 e. The van der Waals surface area contributed by atoms with E-state index in [0.717, 1.165) is 5.52 Å². The van der Waals surface area contributed by atoms with Gasteiger partial charge in [-0.3, -0.25) is 0 Å². The van der Waals surface area contributed by atoms with Crippen molar-refractivity contribution < 1.29 is 8.42 Å². The number of nitrogens with two attached hydrogens (primary N) is 1. The van der Waals surface area contributed by atoms with E-state index in [1.807, 2.05) is 12.1 Å². The molecule has 0 saturated carbocycles. The van der Waals surface area contributed by atoms with Crippen LogP contribution in [0.2, 0.25) is 0 Å². The molecule has 0 bridgehead atoms. The van der Waals surface area contributed by atoms with Gasteiger partial charge in [0, 0.05) is 7.05 Å². The smallest absolute Gasteiger partial charge is 0.283 e. The summed E-state index contributed by atoms with van der Waals surface area (Å²) in [5.41, 5.74) is 6.98. The van der Waals surface area contributed by atoms with Crippen LogP contribution in [0.15, 0.2) is 35.6 Å². The highest BCUT2D eigenvalue weighted by atomic mass is 32.2. The van der Waals surface area contributed by atoms with Gasteiger partial charge in [-0.2, -0.15) is 8.42 Å². The van der Waals surface area contributed by atoms with Crippen molar-refractivity contribution in [1.29, 1.82) is 0 Å². The molecule has 0 fully saturated rings. The number of benzene rings is 1. The maximum Gasteiger partial charge on any atom is 0.283 e. The number of nitrogen functional groups attached to an aromatic ring is 1. The third-order valence-corrected chi connectivity index (χ3v) is 4.25. The molecule has 9 heteroatoms. The average molecular weight is 292 g/mol. The van der Waals surface area contributed by atoms with Crippen LogP contribution in [0.25, 0.3) is 11.0 Å². The Morgan fingerprint density at radius 3 is 2.75 bits per heavy atom. The Morgan fingerprint density at radius 1 is 1.35 bits per heavy atom. The number of para-hydroxylation sites is 2. The number of sulfonamides is 1. The first-order valence-electron chi connectivity index (χ1n) is 5.72. The summed E-state index contributed by atoms with van der Waals surface area (Å²) in [6, 6.07) is 7.24. The maximum absolute atomic E-state index is 12.3. The zero-order valence-corrected chi connectivity index (χ0v) is 11.3. The zero-order valence-electron chi connectivity index (χ0n) is 10.5. The van der Waals surface area contributed by atoms with Crippen LogP contribution in [0.4, 0.5) is 11.8 Å². The van der Waals surface area contributed by atoms with Gasteiger partial charge in [-0.1, -0.05) is 12.1 Å². The molecule has 1 aromatic carbocycles. The average Bonchev–Trinajstić information content (AvgIpc) is 2.91. The fourth-order valence-corrected chi connectivity index (χ4v) is 3.14. The van der Waals surface area contributed by atoms with Crippen molar-refractivity contribution in [3.05, 3.63) is 30.6 Å². The SMILES string of the molecule is Cn1cnc(N)c1S(=O)(=O)Nc1nc2ccccc2[nH]1. The highest BCUT2D eigenvalue weighted by molar-refractivity contribution is 7.92. The molecule has 4 N–H and O–H groups in total. The summed E-state index contributed by atoms with van der Waals surface area (Å²) in [7, 11) is -2.30. The predicted molar refractivity (Wildman–Crippen MR) is 74.5 cm³/mol. The molecule has 0 spiro atoms. The third-order valence-electron chi connectivity index (χ3n) is 2.78. The molecule has 0 saturated heterocycles. The molecular weight excluding hydrogens is 280 g/mol. The van der Waals surface area contributed by atoms with Gasteiger partial charge in [-0.15, -0.1) is 0 Å². The number of H-pyrrole nitrogens is 1. The number of imidazole rings is 2. The molecular formula is C11H12N6O2S. The first-order valence-corrected chi connectivity index (χ1v) is 7.20. The summed E-state index contributed by atoms with van der Waals surface area (Å²) < 4.78 is 28.2. The molecule has 20 heavy (non-hydrogen) atoms. The fraction of sp³-hybridized carbons (Fsp3) is 0.0909. The van der Waals surface area contributed by atoms with Crippen molar-refractivity contribution >= 4 is 32.8 Å². The lowest BCUT2D eigenvalue weighted by Crippen LogP contribution is -2.18. The second kappa shape index (κ2) is 4.23. The number of hydrogen-bond acceptors (Lipinski definition) is 5. The molecule has 104 valence electrons. The molecule has 0 amide bonds. The molecule has 3 aromatic rings. The van der Waals surface area contributed by atoms with Crippen LogP contribution in [0.3, 0.4) is 0 Å². The van der Waals surface area contributed by atoms with Gasteiger partial charge >= 0.3 is 0 Å². The van der Waals surface area contributed by atoms with Crippen LogP contribution in [0, 0.1) is 0 Å². The number of aromatic nitrogens is 4. The van der Waals surface area contributed by atoms with Gasteiger partial charge in [0.15, 0.2) is 10.8 Å². The first-order chi connectivity index (χ1) is 9.47. The van der Waals surface area contributed by atoms with Crippen LogP contribution in [-0.2, 0) is 17.1 Å². The molecule has 3 rings (SSSR count). The summed E-state index contributed by atoms with van der Waals surface area (Å²) in [6.07, 6.45) is 1.34. The molecule has 0 unspecified atom stereocenters. The normalized spacial score (nSPS) is 11.8. The van der Waals surface area contributed by atoms with E-state index in [-0.39, 0.29) is 16.8 Å². The van der Waals surface area contributed by atoms with Crippen molar-refractivity contribution in [1.82, 2.24) is 19.5 Å². The Kier molecular flexibility index (Phi) is 2.64. The predicted octanol–water partition coefficient (Wildman–Crippen LogP) is 0.679. The Bertz CT molecular complexity index is 827. The summed E-state index contributed by atoms with van der Waals surface area (Å²) in [6.45, 7) is 0. The van der Waals surface area contributed by atoms with E-state index in [1.165, 1.54) is 10.9 Å². The topological polar surface area (TPSA) is 119 Å². The number of anilines is 2. The molecule has 0 radical (unpaired) electrons. The lowest BCUT2D eigenvalue weighted by atomic mass is 10.3. The number of aryl methyl sites for hydroxylation is 1. The standard InChI is InChI=1S/C11H12N6O2S/c1-17-6-13-9(12)10(17)20(18,19)16-11-14-7-4-2-3-5-8(7)15-11/h2-6H,12H2,1H3,(H2,14,15,16). The second-order valence-corrected chi connectivity index (χ2v) is 5.85. The van der Waals surface area contributed by atoms with E-state index in [2.05, 4.69) is 19.7 Å². The van der Waals surface area contributed by atoms with E-state index in [9.17, 15) is 8.42 Å². The highest BCUT2D eigenvalue weighted by Crippen LogP contribution is 2.20. The molecule has 2 aromatic heterocycles. The van der Waals surface area contributed by atoms with E-state index in [0.29, 0.717) is 5.52 Å². The summed E-state index contributed by atoms with van der Waals surface area (Å²) in [4.78, 5) is 10.8. The van der Waals surface area contributed by atoms with Crippen LogP contribution >= 0.6 is 0 Å². The minimum Gasteiger partial charge on any atom is -0.381 e. The molecule has 0 aliphatic carbocycles. The van der Waals surface area contributed by atoms with Crippen molar-refractivity contribution in [2.24, 2.45) is 7.05 Å². The molecule has 0 aliphatic heterocycles. The minimum atomic E-state index is -3.85. The molecule has 2 heterocycles. The molecule has 0 aliphatic rings. The highest BCUT2D eigenvalue weighted by Gasteiger charge is 2.23. The Morgan fingerprint density at radius 2 is 2.10 bits per heavy atom. The monoisotopic (exact) mass is 292 g/mol. The van der Waals surface area contributed by atoms with Crippen LogP contribution < -0.4 is 10.5 Å². The fourth-order valence-electron chi connectivity index (χ4n) is 1.94. The van der Waals surface area contributed by atoms with Crippen molar-refractivity contribution in [3.63, 3.8) is 0 Å². The first kappa shape index (κ1) is 12.5. The summed E-state index contributed by atoms with van der Waals surface area (Å²) in [5.74, 6) is 0.0721. The lowest BCUT2D eigenvalue weighted by Gasteiger charge is -2.06. The van der Waals surface area contributed by atoms with Gasteiger partial charge in [0.05, 0.1) is 17.4 Å². The van der Waals surface area contributed by atoms with Crippen molar-refractivity contribution in [3.8, 4) is 0 Å². The van der Waals surface area contributed by atoms with Crippen LogP contribution in [-0.4, -0.2) is 27.9 Å². The van der Waals surface area contributed by atoms with Crippen molar-refractivity contribution in [2.45, 2.75) is 5.03 Å². The minimum absolute atomic E-state index is 0.0592. The van der Waals surface area contributed by atoms with Gasteiger partial charge in [0.25, 0.3) is 10.0 Å². The number of hydrogen-bond donors (Lipinski definition) is 3. The number of nitrogens with zero attached hydrogens (tertiary/aromatic N) is 3. The Hall–Kier alpha value is -2.55. The number of aromatic amines is 1. The third kappa shape index (κ3) is 1.97. The Balaban J connectivity index is 2.01. The van der Waals surface area contributed by atoms with Gasteiger partial charge < -0.3 is 15.3 Å². The van der Waals surface area contributed by atoms with E-state index in [1.54, 1.807) is 19.2 Å². The van der Waals surface area contributed by atoms with Gasteiger partial charge in [-0.25, -0.2) is 14.7 Å². The lowest BCUT2D eigenvalue weighted by molar-refractivity contribution is 0.591. The zero-order chi connectivity index (χ0) is 14.3. The number of fused-ring (bicyclic) bond motifs is 1. The quantitative estimate of drug-likeness (QED) is 0.656. The number of rotatable bonds is 3. The van der Waals surface area contributed by atoms with E-state index in [4.69, 9.17) is 5.73 Å². The van der Waals surface area contributed by atoms with Gasteiger partial charge in [-0.05, 0) is 12.1 Å². The van der Waals surface area contributed by atoms with E-state index < -0.39 is 10.0 Å². The molecule has 8 nitrogen and oxygen atoms in total. The summed E-state index contributed by atoms with van der Waals surface area (Å²) >= 11 is 0.